The molecule has 0 aliphatic rings. The van der Waals surface area contributed by atoms with Crippen molar-refractivity contribution < 1.29 is 27.4 Å². The molecule has 5 nitrogen and oxygen atoms in total. The van der Waals surface area contributed by atoms with Crippen molar-refractivity contribution >= 4 is 33.1 Å². The fourth-order valence-electron chi connectivity index (χ4n) is 3.94. The van der Waals surface area contributed by atoms with Crippen LogP contribution in [0.25, 0.3) is 22.2 Å². The third kappa shape index (κ3) is 6.59. The molecule has 0 bridgehead atoms. The minimum Gasteiger partial charge on any atom is -0.493 e. The minimum atomic E-state index is -4.53. The van der Waals surface area contributed by atoms with Crippen LogP contribution in [0.4, 0.5) is 24.0 Å². The van der Waals surface area contributed by atoms with Crippen LogP contribution in [0.1, 0.15) is 56.8 Å². The van der Waals surface area contributed by atoms with Gasteiger partial charge in [-0.1, -0.05) is 39.0 Å². The Hall–Kier alpha value is -3.04. The van der Waals surface area contributed by atoms with E-state index >= 15 is 0 Å². The summed E-state index contributed by atoms with van der Waals surface area (Å²) in [5.74, 6) is 0.319. The Morgan fingerprint density at radius 3 is 2.61 bits per heavy atom. The monoisotopic (exact) mass is 518 g/mol. The van der Waals surface area contributed by atoms with E-state index in [9.17, 15) is 18.3 Å². The predicted molar refractivity (Wildman–Crippen MR) is 137 cm³/mol. The number of alkyl halides is 3. The van der Waals surface area contributed by atoms with E-state index in [-0.39, 0.29) is 24.7 Å². The van der Waals surface area contributed by atoms with E-state index < -0.39 is 11.7 Å². The lowest BCUT2D eigenvalue weighted by Gasteiger charge is -2.15. The second-order valence-electron chi connectivity index (χ2n) is 8.61. The van der Waals surface area contributed by atoms with Crippen LogP contribution >= 0.6 is 11.3 Å². The maximum Gasteiger partial charge on any atom is 0.420 e. The van der Waals surface area contributed by atoms with Gasteiger partial charge in [0.05, 0.1) is 17.9 Å². The van der Waals surface area contributed by atoms with Gasteiger partial charge >= 0.3 is 6.18 Å². The predicted octanol–water partition coefficient (Wildman–Crippen LogP) is 8.55. The Labute approximate surface area is 211 Å². The summed E-state index contributed by atoms with van der Waals surface area (Å²) in [6, 6.07) is 11.3. The lowest BCUT2D eigenvalue weighted by atomic mass is 10.1. The van der Waals surface area contributed by atoms with Crippen molar-refractivity contribution in [2.24, 2.45) is 0 Å². The Bertz CT molecular complexity index is 1280. The smallest absolute Gasteiger partial charge is 0.420 e. The number of furan rings is 1. The van der Waals surface area contributed by atoms with E-state index in [1.165, 1.54) is 23.8 Å². The number of benzene rings is 2. The molecule has 0 radical (unpaired) electrons. The SMILES string of the molecule is CCCCCCCCOc1ccc(Nc2nc(-c3ccc4oc(CO)cc4c3)cs2)cc1C(F)(F)F. The quantitative estimate of drug-likeness (QED) is 0.184. The molecule has 4 aromatic rings. The third-order valence-corrected chi connectivity index (χ3v) is 6.57. The second kappa shape index (κ2) is 11.8. The number of aliphatic hydroxyl groups excluding tert-OH is 1. The van der Waals surface area contributed by atoms with Crippen LogP contribution in [0, 0.1) is 0 Å². The van der Waals surface area contributed by atoms with Gasteiger partial charge in [0.2, 0.25) is 0 Å². The van der Waals surface area contributed by atoms with Crippen LogP contribution in [0.5, 0.6) is 5.75 Å². The Morgan fingerprint density at radius 2 is 1.83 bits per heavy atom. The number of hydrogen-bond acceptors (Lipinski definition) is 6. The third-order valence-electron chi connectivity index (χ3n) is 5.81. The number of fused-ring (bicyclic) bond motifs is 1. The van der Waals surface area contributed by atoms with Crippen LogP contribution < -0.4 is 10.1 Å². The van der Waals surface area contributed by atoms with Gasteiger partial charge in [-0.25, -0.2) is 4.98 Å². The fraction of sp³-hybridized carbons (Fsp3) is 0.370. The molecule has 0 aliphatic heterocycles. The van der Waals surface area contributed by atoms with E-state index in [0.717, 1.165) is 49.1 Å². The molecule has 2 aromatic heterocycles. The first kappa shape index (κ1) is 26.0. The fourth-order valence-corrected chi connectivity index (χ4v) is 4.68. The summed E-state index contributed by atoms with van der Waals surface area (Å²) in [4.78, 5) is 4.53. The second-order valence-corrected chi connectivity index (χ2v) is 9.47. The van der Waals surface area contributed by atoms with Gasteiger partial charge < -0.3 is 19.6 Å². The molecule has 0 fully saturated rings. The first-order valence-electron chi connectivity index (χ1n) is 12.1. The minimum absolute atomic E-state index is 0.155. The van der Waals surface area contributed by atoms with Crippen LogP contribution in [-0.2, 0) is 12.8 Å². The summed E-state index contributed by atoms with van der Waals surface area (Å²) in [5.41, 5.74) is 1.67. The topological polar surface area (TPSA) is 67.5 Å². The molecule has 4 rings (SSSR count). The zero-order valence-electron chi connectivity index (χ0n) is 20.0. The summed E-state index contributed by atoms with van der Waals surface area (Å²) in [6.07, 6.45) is 1.70. The van der Waals surface area contributed by atoms with E-state index in [1.807, 2.05) is 17.5 Å². The average molecular weight is 519 g/mol. The van der Waals surface area contributed by atoms with Crippen molar-refractivity contribution in [3.05, 3.63) is 59.2 Å². The van der Waals surface area contributed by atoms with Gasteiger partial charge in [-0.3, -0.25) is 0 Å². The zero-order chi connectivity index (χ0) is 25.5. The summed E-state index contributed by atoms with van der Waals surface area (Å²) in [5, 5.41) is 15.4. The molecule has 2 N–H and O–H groups in total. The first-order valence-corrected chi connectivity index (χ1v) is 13.0. The summed E-state index contributed by atoms with van der Waals surface area (Å²) in [6.45, 7) is 2.22. The molecule has 192 valence electrons. The van der Waals surface area contributed by atoms with E-state index in [2.05, 4.69) is 17.2 Å². The highest BCUT2D eigenvalue weighted by Gasteiger charge is 2.34. The summed E-state index contributed by atoms with van der Waals surface area (Å²) < 4.78 is 52.2. The van der Waals surface area contributed by atoms with Crippen LogP contribution in [0.15, 0.2) is 52.3 Å². The Morgan fingerprint density at radius 1 is 1.03 bits per heavy atom. The molecule has 9 heteroatoms. The van der Waals surface area contributed by atoms with E-state index in [4.69, 9.17) is 9.15 Å². The van der Waals surface area contributed by atoms with Gasteiger partial charge in [0.15, 0.2) is 5.13 Å². The highest BCUT2D eigenvalue weighted by atomic mass is 32.1. The van der Waals surface area contributed by atoms with E-state index in [1.54, 1.807) is 18.2 Å². The average Bonchev–Trinajstić information content (AvgIpc) is 3.49. The van der Waals surface area contributed by atoms with Crippen LogP contribution in [-0.4, -0.2) is 16.7 Å². The molecule has 0 saturated heterocycles. The van der Waals surface area contributed by atoms with Gasteiger partial charge in [-0.15, -0.1) is 11.3 Å². The summed E-state index contributed by atoms with van der Waals surface area (Å²) >= 11 is 1.30. The first-order chi connectivity index (χ1) is 17.4. The maximum atomic E-state index is 13.7. The molecule has 0 aliphatic carbocycles. The number of rotatable bonds is 12. The van der Waals surface area contributed by atoms with Gasteiger partial charge in [0.25, 0.3) is 0 Å². The molecule has 36 heavy (non-hydrogen) atoms. The molecule has 2 aromatic carbocycles. The number of thiazole rings is 1. The normalized spacial score (nSPS) is 11.8. The Kier molecular flexibility index (Phi) is 8.53. The standard InChI is InChI=1S/C27H29F3N2O3S/c1-2-3-4-5-6-7-12-34-25-11-9-20(15-22(25)27(28,29)30)31-26-32-23(17-36-26)18-8-10-24-19(13-18)14-21(16-33)35-24/h8-11,13-15,17,33H,2-7,12,16H2,1H3,(H,31,32). The van der Waals surface area contributed by atoms with Crippen molar-refractivity contribution in [1.82, 2.24) is 4.98 Å². The number of aromatic nitrogens is 1. The van der Waals surface area contributed by atoms with Crippen LogP contribution in [0.2, 0.25) is 0 Å². The van der Waals surface area contributed by atoms with Crippen molar-refractivity contribution in [2.75, 3.05) is 11.9 Å². The number of unbranched alkanes of at least 4 members (excludes halogenated alkanes) is 5. The zero-order valence-corrected chi connectivity index (χ0v) is 20.8. The summed E-state index contributed by atoms with van der Waals surface area (Å²) in [7, 11) is 0. The number of hydrogen-bond donors (Lipinski definition) is 2. The highest BCUT2D eigenvalue weighted by molar-refractivity contribution is 7.14. The lowest BCUT2D eigenvalue weighted by molar-refractivity contribution is -0.138. The van der Waals surface area contributed by atoms with Gasteiger partial charge in [0.1, 0.15) is 23.7 Å². The van der Waals surface area contributed by atoms with Gasteiger partial charge in [-0.05, 0) is 48.9 Å². The van der Waals surface area contributed by atoms with Crippen molar-refractivity contribution in [3.8, 4) is 17.0 Å². The molecule has 0 spiro atoms. The largest absolute Gasteiger partial charge is 0.493 e. The van der Waals surface area contributed by atoms with Crippen molar-refractivity contribution in [3.63, 3.8) is 0 Å². The van der Waals surface area contributed by atoms with Crippen LogP contribution in [0.3, 0.4) is 0 Å². The number of ether oxygens (including phenoxy) is 1. The van der Waals surface area contributed by atoms with E-state index in [0.29, 0.717) is 22.2 Å². The van der Waals surface area contributed by atoms with Gasteiger partial charge in [0, 0.05) is 22.0 Å². The number of halogens is 3. The lowest BCUT2D eigenvalue weighted by Crippen LogP contribution is -2.10. The highest BCUT2D eigenvalue weighted by Crippen LogP contribution is 2.39. The van der Waals surface area contributed by atoms with Crippen molar-refractivity contribution in [1.29, 1.82) is 0 Å². The number of aliphatic hydroxyl groups is 1. The van der Waals surface area contributed by atoms with Crippen molar-refractivity contribution in [2.45, 2.75) is 58.2 Å². The number of anilines is 2. The molecule has 0 amide bonds. The van der Waals surface area contributed by atoms with Gasteiger partial charge in [-0.2, -0.15) is 13.2 Å². The molecule has 0 unspecified atom stereocenters. The molecular weight excluding hydrogens is 489 g/mol. The molecule has 0 saturated carbocycles. The number of nitrogens with one attached hydrogen (secondary N) is 1. The molecule has 2 heterocycles. The maximum absolute atomic E-state index is 13.7. The molecular formula is C27H29F3N2O3S. The molecule has 0 atom stereocenters. The Balaban J connectivity index is 1.43. The number of nitrogens with zero attached hydrogens (tertiary/aromatic N) is 1.